The monoisotopic (exact) mass is 309 g/mol. The second-order valence-electron chi connectivity index (χ2n) is 5.32. The summed E-state index contributed by atoms with van der Waals surface area (Å²) in [5, 5.41) is 0. The summed E-state index contributed by atoms with van der Waals surface area (Å²) < 4.78 is 4.78. The van der Waals surface area contributed by atoms with Gasteiger partial charge in [-0.1, -0.05) is 0 Å². The quantitative estimate of drug-likeness (QED) is 0.764. The van der Waals surface area contributed by atoms with Crippen LogP contribution in [0.3, 0.4) is 0 Å². The Hall–Kier alpha value is -1.57. The molecule has 104 valence electrons. The van der Waals surface area contributed by atoms with Gasteiger partial charge in [0.25, 0.3) is 0 Å². The maximum atomic E-state index is 3.61. The van der Waals surface area contributed by atoms with Crippen molar-refractivity contribution in [3.8, 4) is 0 Å². The van der Waals surface area contributed by atoms with Crippen molar-refractivity contribution in [3.05, 3.63) is 83.4 Å². The van der Waals surface area contributed by atoms with E-state index in [1.165, 1.54) is 32.7 Å². The van der Waals surface area contributed by atoms with E-state index in [1.54, 1.807) is 0 Å². The fourth-order valence-corrected chi connectivity index (χ4v) is 4.10. The molecule has 0 heterocycles. The SMILES string of the molecule is CC1=CCC(c2ccccc2[CH2][Ti][NH]c2ccccc2)=C1. The van der Waals surface area contributed by atoms with Gasteiger partial charge in [-0.2, -0.15) is 0 Å². The van der Waals surface area contributed by atoms with Gasteiger partial charge >= 0.3 is 136 Å². The second-order valence-corrected chi connectivity index (χ2v) is 6.82. The van der Waals surface area contributed by atoms with Crippen molar-refractivity contribution in [1.29, 1.82) is 0 Å². The van der Waals surface area contributed by atoms with Gasteiger partial charge in [0.05, 0.1) is 0 Å². The number of allylic oxidation sites excluding steroid dienone is 4. The maximum absolute atomic E-state index is 3.61. The van der Waals surface area contributed by atoms with Crippen LogP contribution in [0.15, 0.2) is 72.3 Å². The molecule has 1 N–H and O–H groups in total. The van der Waals surface area contributed by atoms with Crippen molar-refractivity contribution in [1.82, 2.24) is 0 Å². The molecule has 0 bridgehead atoms. The van der Waals surface area contributed by atoms with Gasteiger partial charge in [-0.3, -0.25) is 0 Å². The number of para-hydroxylation sites is 1. The van der Waals surface area contributed by atoms with Gasteiger partial charge in [-0.15, -0.1) is 0 Å². The molecule has 0 saturated carbocycles. The van der Waals surface area contributed by atoms with E-state index in [-0.39, 0.29) is 19.4 Å². The number of anilines is 1. The first-order valence-corrected chi connectivity index (χ1v) is 9.21. The number of hydrogen-bond acceptors (Lipinski definition) is 1. The van der Waals surface area contributed by atoms with Crippen LogP contribution in [0, 0.1) is 0 Å². The summed E-state index contributed by atoms with van der Waals surface area (Å²) in [6.07, 6.45) is 5.71. The molecule has 1 aliphatic rings. The molecular formula is C19H19NTi. The molecule has 0 saturated heterocycles. The van der Waals surface area contributed by atoms with Crippen molar-refractivity contribution < 1.29 is 19.4 Å². The topological polar surface area (TPSA) is 12.0 Å². The Kier molecular flexibility index (Phi) is 4.74. The predicted octanol–water partition coefficient (Wildman–Crippen LogP) is 5.03. The molecule has 2 aromatic carbocycles. The van der Waals surface area contributed by atoms with Crippen LogP contribution >= 0.6 is 0 Å². The van der Waals surface area contributed by atoms with Crippen LogP contribution in [-0.2, 0) is 24.1 Å². The molecule has 2 aromatic rings. The average molecular weight is 309 g/mol. The Morgan fingerprint density at radius 2 is 1.76 bits per heavy atom. The first-order chi connectivity index (χ1) is 10.3. The standard InChI is InChI=1S/C13H13.C6H6N.Ti/c1-10-7-8-12(9-10)13-6-4-3-5-11(13)2;7-6-4-2-1-3-5-6;/h3-7,9H,2,8H2,1H3;1-5,7H;/q;-1;+1. The van der Waals surface area contributed by atoms with Crippen molar-refractivity contribution in [2.75, 3.05) is 3.80 Å². The summed E-state index contributed by atoms with van der Waals surface area (Å²) in [6, 6.07) is 19.4. The third-order valence-electron chi connectivity index (χ3n) is 3.69. The van der Waals surface area contributed by atoms with E-state index in [1.807, 2.05) is 0 Å². The van der Waals surface area contributed by atoms with Crippen molar-refractivity contribution in [2.24, 2.45) is 0 Å². The molecule has 0 fully saturated rings. The molecule has 0 aromatic heterocycles. The van der Waals surface area contributed by atoms with Gasteiger partial charge in [-0.05, 0) is 0 Å². The fourth-order valence-electron chi connectivity index (χ4n) is 2.60. The van der Waals surface area contributed by atoms with Gasteiger partial charge in [0, 0.05) is 0 Å². The molecule has 1 nitrogen and oxygen atoms in total. The Labute approximate surface area is 136 Å². The Morgan fingerprint density at radius 1 is 1.00 bits per heavy atom. The van der Waals surface area contributed by atoms with Gasteiger partial charge in [0.15, 0.2) is 0 Å². The zero-order chi connectivity index (χ0) is 14.5. The molecular weight excluding hydrogens is 290 g/mol. The van der Waals surface area contributed by atoms with E-state index in [4.69, 9.17) is 0 Å². The molecule has 2 heteroatoms. The summed E-state index contributed by atoms with van der Waals surface area (Å²) in [5.41, 5.74) is 7.01. The van der Waals surface area contributed by atoms with E-state index in [9.17, 15) is 0 Å². The van der Waals surface area contributed by atoms with E-state index in [0.717, 1.165) is 6.42 Å². The van der Waals surface area contributed by atoms with Gasteiger partial charge in [0.2, 0.25) is 0 Å². The van der Waals surface area contributed by atoms with Crippen LogP contribution < -0.4 is 3.80 Å². The fraction of sp³-hybridized carbons (Fsp3) is 0.158. The van der Waals surface area contributed by atoms with Crippen LogP contribution in [0.1, 0.15) is 24.5 Å². The van der Waals surface area contributed by atoms with Crippen LogP contribution in [-0.4, -0.2) is 0 Å². The predicted molar refractivity (Wildman–Crippen MR) is 86.6 cm³/mol. The van der Waals surface area contributed by atoms with Crippen LogP contribution in [0.4, 0.5) is 5.69 Å². The first-order valence-electron chi connectivity index (χ1n) is 7.32. The van der Waals surface area contributed by atoms with Crippen LogP contribution in [0.25, 0.3) is 5.57 Å². The zero-order valence-electron chi connectivity index (χ0n) is 12.3. The number of benzene rings is 2. The van der Waals surface area contributed by atoms with E-state index in [2.05, 4.69) is 77.5 Å². The molecule has 21 heavy (non-hydrogen) atoms. The molecule has 0 atom stereocenters. The summed E-state index contributed by atoms with van der Waals surface area (Å²) in [4.78, 5) is 0. The van der Waals surface area contributed by atoms with Crippen LogP contribution in [0.5, 0.6) is 0 Å². The number of rotatable bonds is 5. The molecule has 0 spiro atoms. The second kappa shape index (κ2) is 6.93. The molecule has 0 unspecified atom stereocenters. The van der Waals surface area contributed by atoms with Crippen molar-refractivity contribution >= 4 is 11.3 Å². The number of nitrogens with one attached hydrogen (secondary N) is 1. The van der Waals surface area contributed by atoms with Crippen LogP contribution in [0.2, 0.25) is 0 Å². The number of hydrogen-bond donors (Lipinski definition) is 1. The Balaban J connectivity index is 1.67. The van der Waals surface area contributed by atoms with Gasteiger partial charge in [0.1, 0.15) is 0 Å². The summed E-state index contributed by atoms with van der Waals surface area (Å²) in [6.45, 7) is 2.18. The Bertz CT molecular complexity index is 671. The summed E-state index contributed by atoms with van der Waals surface area (Å²) in [7, 11) is 0. The summed E-state index contributed by atoms with van der Waals surface area (Å²) in [5.74, 6) is 0. The van der Waals surface area contributed by atoms with Gasteiger partial charge < -0.3 is 0 Å². The van der Waals surface area contributed by atoms with E-state index in [0.29, 0.717) is 0 Å². The van der Waals surface area contributed by atoms with Crippen molar-refractivity contribution in [2.45, 2.75) is 18.1 Å². The third kappa shape index (κ3) is 3.75. The minimum absolute atomic E-state index is 0.211. The summed E-state index contributed by atoms with van der Waals surface area (Å²) >= 11 is -0.211. The normalized spacial score (nSPS) is 13.6. The zero-order valence-corrected chi connectivity index (χ0v) is 13.8. The molecule has 0 aliphatic heterocycles. The minimum atomic E-state index is -0.211. The third-order valence-corrected chi connectivity index (χ3v) is 5.29. The molecule has 0 amide bonds. The van der Waals surface area contributed by atoms with Gasteiger partial charge in [-0.25, -0.2) is 0 Å². The first kappa shape index (κ1) is 14.4. The van der Waals surface area contributed by atoms with E-state index < -0.39 is 0 Å². The molecule has 0 radical (unpaired) electrons. The van der Waals surface area contributed by atoms with E-state index >= 15 is 0 Å². The van der Waals surface area contributed by atoms with Crippen molar-refractivity contribution in [3.63, 3.8) is 0 Å². The molecule has 3 rings (SSSR count). The Morgan fingerprint density at radius 3 is 2.52 bits per heavy atom. The molecule has 1 aliphatic carbocycles. The average Bonchev–Trinajstić information content (AvgIpc) is 2.95.